The second kappa shape index (κ2) is 3.36. The Bertz CT molecular complexity index is 235. The van der Waals surface area contributed by atoms with Crippen LogP contribution in [0.5, 0.6) is 0 Å². The smallest absolute Gasteiger partial charge is 0.400 e. The highest BCUT2D eigenvalue weighted by molar-refractivity contribution is 5.76. The average molecular weight is 220 g/mol. The van der Waals surface area contributed by atoms with Crippen molar-refractivity contribution in [1.82, 2.24) is 0 Å². The van der Waals surface area contributed by atoms with Crippen molar-refractivity contribution in [1.29, 1.82) is 0 Å². The van der Waals surface area contributed by atoms with E-state index in [4.69, 9.17) is 5.11 Å². The second-order valence-electron chi connectivity index (χ2n) is 3.06. The van der Waals surface area contributed by atoms with Crippen LogP contribution in [-0.2, 0) is 4.79 Å². The van der Waals surface area contributed by atoms with E-state index in [1.54, 1.807) is 0 Å². The summed E-state index contributed by atoms with van der Waals surface area (Å²) in [5.74, 6) is -7.58. The summed E-state index contributed by atoms with van der Waals surface area (Å²) in [5.41, 5.74) is -3.54. The van der Waals surface area contributed by atoms with Crippen molar-refractivity contribution in [2.45, 2.75) is 32.4 Å². The van der Waals surface area contributed by atoms with Crippen LogP contribution in [-0.4, -0.2) is 23.2 Å². The van der Waals surface area contributed by atoms with E-state index >= 15 is 0 Å². The summed E-state index contributed by atoms with van der Waals surface area (Å²) < 4.78 is 62.2. The van der Waals surface area contributed by atoms with Crippen LogP contribution >= 0.6 is 0 Å². The van der Waals surface area contributed by atoms with E-state index in [9.17, 15) is 26.7 Å². The minimum atomic E-state index is -5.26. The minimum Gasteiger partial charge on any atom is -0.477 e. The number of rotatable bonds is 3. The maximum atomic E-state index is 12.8. The summed E-state index contributed by atoms with van der Waals surface area (Å²) >= 11 is 0. The molecule has 0 aromatic heterocycles. The summed E-state index contributed by atoms with van der Waals surface area (Å²) in [5, 5.41) is 8.02. The molecule has 7 heteroatoms. The fourth-order valence-corrected chi connectivity index (χ4v) is 0.836. The van der Waals surface area contributed by atoms with Gasteiger partial charge in [-0.3, -0.25) is 0 Å². The van der Waals surface area contributed by atoms with Gasteiger partial charge >= 0.3 is 18.1 Å². The molecule has 0 aliphatic carbocycles. The summed E-state index contributed by atoms with van der Waals surface area (Å²) in [4.78, 5) is 10.0. The van der Waals surface area contributed by atoms with Gasteiger partial charge in [0.2, 0.25) is 0 Å². The lowest BCUT2D eigenvalue weighted by Gasteiger charge is -2.35. The molecule has 0 aliphatic heterocycles. The highest BCUT2D eigenvalue weighted by Crippen LogP contribution is 2.51. The zero-order valence-corrected chi connectivity index (χ0v) is 7.45. The summed E-state index contributed by atoms with van der Waals surface area (Å²) in [6.45, 7) is 1.06. The molecule has 0 aromatic carbocycles. The van der Waals surface area contributed by atoms with Gasteiger partial charge in [0.15, 0.2) is 0 Å². The van der Waals surface area contributed by atoms with Crippen molar-refractivity contribution in [3.8, 4) is 0 Å². The predicted molar refractivity (Wildman–Crippen MR) is 37.0 cm³/mol. The Morgan fingerprint density at radius 1 is 1.21 bits per heavy atom. The van der Waals surface area contributed by atoms with Crippen molar-refractivity contribution >= 4 is 5.97 Å². The largest absolute Gasteiger partial charge is 0.477 e. The van der Waals surface area contributed by atoms with Crippen LogP contribution < -0.4 is 0 Å². The highest BCUT2D eigenvalue weighted by atomic mass is 19.4. The maximum absolute atomic E-state index is 12.8. The fraction of sp³-hybridized carbons (Fsp3) is 0.857. The first kappa shape index (κ1) is 13.1. The van der Waals surface area contributed by atoms with E-state index < -0.39 is 29.9 Å². The molecule has 1 unspecified atom stereocenters. The van der Waals surface area contributed by atoms with Gasteiger partial charge in [-0.25, -0.2) is 4.79 Å². The lowest BCUT2D eigenvalue weighted by molar-refractivity contribution is -0.290. The monoisotopic (exact) mass is 220 g/mol. The van der Waals surface area contributed by atoms with Gasteiger partial charge in [-0.15, -0.1) is 0 Å². The van der Waals surface area contributed by atoms with Gasteiger partial charge in [-0.05, 0) is 13.3 Å². The quantitative estimate of drug-likeness (QED) is 0.742. The third-order valence-electron chi connectivity index (χ3n) is 2.29. The standard InChI is InChI=1S/C7H9F5O2/c1-3-5(2,7(10,11)12)6(8,9)4(13)14/h3H2,1-2H3,(H,13,14). The van der Waals surface area contributed by atoms with Crippen LogP contribution in [0.4, 0.5) is 22.0 Å². The first-order chi connectivity index (χ1) is 6.00. The Hall–Kier alpha value is -0.880. The number of hydrogen-bond donors (Lipinski definition) is 1. The van der Waals surface area contributed by atoms with E-state index in [2.05, 4.69) is 0 Å². The van der Waals surface area contributed by atoms with Crippen molar-refractivity contribution in [2.75, 3.05) is 0 Å². The van der Waals surface area contributed by atoms with Crippen LogP contribution in [0, 0.1) is 5.41 Å². The van der Waals surface area contributed by atoms with Crippen LogP contribution in [0.25, 0.3) is 0 Å². The summed E-state index contributed by atoms with van der Waals surface area (Å²) in [6.07, 6.45) is -6.26. The topological polar surface area (TPSA) is 37.3 Å². The van der Waals surface area contributed by atoms with Gasteiger partial charge < -0.3 is 5.11 Å². The molecule has 0 aromatic rings. The molecular formula is C7H9F5O2. The molecule has 0 amide bonds. The summed E-state index contributed by atoms with van der Waals surface area (Å²) in [7, 11) is 0. The maximum Gasteiger partial charge on any atom is 0.400 e. The van der Waals surface area contributed by atoms with E-state index in [-0.39, 0.29) is 6.92 Å². The lowest BCUT2D eigenvalue weighted by Crippen LogP contribution is -2.53. The SMILES string of the molecule is CCC(C)(C(F)(F)F)C(F)(F)C(=O)O. The normalized spacial score (nSPS) is 17.6. The Morgan fingerprint density at radius 3 is 1.64 bits per heavy atom. The molecule has 0 rings (SSSR count). The van der Waals surface area contributed by atoms with Gasteiger partial charge in [0, 0.05) is 0 Å². The molecule has 84 valence electrons. The zero-order chi connectivity index (χ0) is 11.8. The Balaban J connectivity index is 5.36. The fourth-order valence-electron chi connectivity index (χ4n) is 0.836. The van der Waals surface area contributed by atoms with Crippen molar-refractivity contribution < 1.29 is 31.9 Å². The number of aliphatic carboxylic acids is 1. The second-order valence-corrected chi connectivity index (χ2v) is 3.06. The molecule has 0 aliphatic rings. The first-order valence-electron chi connectivity index (χ1n) is 3.68. The molecular weight excluding hydrogens is 211 g/mol. The first-order valence-corrected chi connectivity index (χ1v) is 3.68. The van der Waals surface area contributed by atoms with Crippen molar-refractivity contribution in [3.05, 3.63) is 0 Å². The molecule has 0 radical (unpaired) electrons. The molecule has 0 spiro atoms. The predicted octanol–water partition coefficient (Wildman–Crippen LogP) is 2.68. The van der Waals surface area contributed by atoms with E-state index in [1.165, 1.54) is 0 Å². The van der Waals surface area contributed by atoms with Crippen molar-refractivity contribution in [2.24, 2.45) is 5.41 Å². The number of hydrogen-bond acceptors (Lipinski definition) is 1. The third-order valence-corrected chi connectivity index (χ3v) is 2.29. The number of halogens is 5. The van der Waals surface area contributed by atoms with E-state index in [0.717, 1.165) is 6.92 Å². The van der Waals surface area contributed by atoms with Gasteiger partial charge in [-0.1, -0.05) is 6.92 Å². The molecule has 1 N–H and O–H groups in total. The molecule has 1 atom stereocenters. The lowest BCUT2D eigenvalue weighted by atomic mass is 9.80. The van der Waals surface area contributed by atoms with Crippen LogP contribution in [0.15, 0.2) is 0 Å². The average Bonchev–Trinajstić information content (AvgIpc) is 2.00. The molecule has 0 bridgehead atoms. The number of carbonyl (C=O) groups is 1. The minimum absolute atomic E-state index is 0.196. The van der Waals surface area contributed by atoms with Gasteiger partial charge in [0.1, 0.15) is 5.41 Å². The number of carboxylic acid groups (broad SMARTS) is 1. The molecule has 0 fully saturated rings. The number of alkyl halides is 5. The van der Waals surface area contributed by atoms with Gasteiger partial charge in [-0.2, -0.15) is 22.0 Å². The summed E-state index contributed by atoms with van der Waals surface area (Å²) in [6, 6.07) is 0. The number of carboxylic acids is 1. The van der Waals surface area contributed by atoms with E-state index in [0.29, 0.717) is 0 Å². The molecule has 2 nitrogen and oxygen atoms in total. The molecule has 0 saturated heterocycles. The molecule has 0 saturated carbocycles. The van der Waals surface area contributed by atoms with Crippen LogP contribution in [0.2, 0.25) is 0 Å². The van der Waals surface area contributed by atoms with E-state index in [1.807, 2.05) is 0 Å². The van der Waals surface area contributed by atoms with Gasteiger partial charge in [0.05, 0.1) is 0 Å². The Morgan fingerprint density at radius 2 is 1.57 bits per heavy atom. The van der Waals surface area contributed by atoms with Crippen LogP contribution in [0.1, 0.15) is 20.3 Å². The van der Waals surface area contributed by atoms with Crippen molar-refractivity contribution in [3.63, 3.8) is 0 Å². The van der Waals surface area contributed by atoms with Crippen LogP contribution in [0.3, 0.4) is 0 Å². The Kier molecular flexibility index (Phi) is 3.15. The zero-order valence-electron chi connectivity index (χ0n) is 7.45. The van der Waals surface area contributed by atoms with Gasteiger partial charge in [0.25, 0.3) is 0 Å². The highest BCUT2D eigenvalue weighted by Gasteiger charge is 2.68. The molecule has 14 heavy (non-hydrogen) atoms. The molecule has 0 heterocycles. The third kappa shape index (κ3) is 1.67. The Labute approximate surface area is 76.7 Å².